The van der Waals surface area contributed by atoms with Crippen molar-refractivity contribution in [2.45, 2.75) is 13.8 Å². The van der Waals surface area contributed by atoms with E-state index >= 15 is 0 Å². The molecule has 2 N–H and O–H groups in total. The van der Waals surface area contributed by atoms with Gasteiger partial charge in [0.25, 0.3) is 0 Å². The lowest BCUT2D eigenvalue weighted by Gasteiger charge is -2.09. The van der Waals surface area contributed by atoms with Crippen LogP contribution in [0.4, 0.5) is 5.69 Å². The number of nitrogens with one attached hydrogen (secondary N) is 2. The van der Waals surface area contributed by atoms with Crippen molar-refractivity contribution in [1.82, 2.24) is 5.32 Å². The molecule has 0 radical (unpaired) electrons. The van der Waals surface area contributed by atoms with Crippen LogP contribution in [0.25, 0.3) is 0 Å². The summed E-state index contributed by atoms with van der Waals surface area (Å²) in [6.45, 7) is 4.59. The number of hydrogen-bond donors (Lipinski definition) is 2. The van der Waals surface area contributed by atoms with Gasteiger partial charge < -0.3 is 10.6 Å². The molecule has 0 aliphatic carbocycles. The van der Waals surface area contributed by atoms with Gasteiger partial charge in [-0.3, -0.25) is 0 Å². The third kappa shape index (κ3) is 3.61. The number of benzene rings is 1. The fourth-order valence-electron chi connectivity index (χ4n) is 1.13. The third-order valence-corrected chi connectivity index (χ3v) is 2.36. The van der Waals surface area contributed by atoms with Gasteiger partial charge >= 0.3 is 0 Å². The summed E-state index contributed by atoms with van der Waals surface area (Å²) in [6.07, 6.45) is 5.11. The summed E-state index contributed by atoms with van der Waals surface area (Å²) in [5.74, 6) is 2.47. The molecule has 15 heavy (non-hydrogen) atoms. The first-order valence-electron chi connectivity index (χ1n) is 4.69. The SMILES string of the molecule is C#CCNC(=S)Nc1ccc(C)c(C)c1. The normalized spacial score (nSPS) is 9.13. The summed E-state index contributed by atoms with van der Waals surface area (Å²) in [7, 11) is 0. The Morgan fingerprint density at radius 1 is 1.40 bits per heavy atom. The maximum absolute atomic E-state index is 5.11. The molecule has 0 unspecified atom stereocenters. The van der Waals surface area contributed by atoms with Gasteiger partial charge in [-0.25, -0.2) is 0 Å². The van der Waals surface area contributed by atoms with E-state index < -0.39 is 0 Å². The van der Waals surface area contributed by atoms with Crippen LogP contribution < -0.4 is 10.6 Å². The van der Waals surface area contributed by atoms with Gasteiger partial charge in [0.15, 0.2) is 5.11 Å². The number of hydrogen-bond acceptors (Lipinski definition) is 1. The number of rotatable bonds is 2. The fraction of sp³-hybridized carbons (Fsp3) is 0.250. The van der Waals surface area contributed by atoms with Gasteiger partial charge in [0, 0.05) is 5.69 Å². The van der Waals surface area contributed by atoms with Crippen LogP contribution in [0.3, 0.4) is 0 Å². The van der Waals surface area contributed by atoms with Crippen molar-refractivity contribution in [3.05, 3.63) is 29.3 Å². The fourth-order valence-corrected chi connectivity index (χ4v) is 1.32. The van der Waals surface area contributed by atoms with Gasteiger partial charge in [-0.2, -0.15) is 0 Å². The molecule has 0 aliphatic rings. The first-order chi connectivity index (χ1) is 7.13. The Labute approximate surface area is 96.1 Å². The van der Waals surface area contributed by atoms with Crippen LogP contribution in [0.2, 0.25) is 0 Å². The Bertz CT molecular complexity index is 405. The summed E-state index contributed by atoms with van der Waals surface area (Å²) in [5, 5.41) is 6.52. The van der Waals surface area contributed by atoms with Crippen LogP contribution in [0.1, 0.15) is 11.1 Å². The molecule has 0 fully saturated rings. The summed E-state index contributed by atoms with van der Waals surface area (Å²) < 4.78 is 0. The average Bonchev–Trinajstić information content (AvgIpc) is 2.20. The van der Waals surface area contributed by atoms with Crippen molar-refractivity contribution in [3.8, 4) is 12.3 Å². The molecule has 0 aromatic heterocycles. The van der Waals surface area contributed by atoms with Crippen LogP contribution in [-0.2, 0) is 0 Å². The molecule has 0 spiro atoms. The minimum absolute atomic E-state index is 0.441. The highest BCUT2D eigenvalue weighted by Gasteiger charge is 1.98. The van der Waals surface area contributed by atoms with E-state index in [1.54, 1.807) is 0 Å². The van der Waals surface area contributed by atoms with Gasteiger partial charge in [0.05, 0.1) is 6.54 Å². The lowest BCUT2D eigenvalue weighted by molar-refractivity contribution is 1.09. The molecule has 0 saturated heterocycles. The quantitative estimate of drug-likeness (QED) is 0.588. The number of anilines is 1. The summed E-state index contributed by atoms with van der Waals surface area (Å²) in [4.78, 5) is 0. The van der Waals surface area contributed by atoms with Gasteiger partial charge in [0.2, 0.25) is 0 Å². The zero-order valence-corrected chi connectivity index (χ0v) is 9.74. The van der Waals surface area contributed by atoms with Crippen LogP contribution in [0.5, 0.6) is 0 Å². The van der Waals surface area contributed by atoms with Crippen LogP contribution in [0.15, 0.2) is 18.2 Å². The Hall–Kier alpha value is -1.53. The van der Waals surface area contributed by atoms with E-state index in [9.17, 15) is 0 Å². The zero-order chi connectivity index (χ0) is 11.3. The first-order valence-corrected chi connectivity index (χ1v) is 5.10. The lowest BCUT2D eigenvalue weighted by Crippen LogP contribution is -2.28. The van der Waals surface area contributed by atoms with Crippen molar-refractivity contribution in [3.63, 3.8) is 0 Å². The standard InChI is InChI=1S/C12H14N2S/c1-4-7-13-12(15)14-11-6-5-9(2)10(3)8-11/h1,5-6,8H,7H2,2-3H3,(H2,13,14,15). The van der Waals surface area contributed by atoms with Crippen molar-refractivity contribution in [2.24, 2.45) is 0 Å². The monoisotopic (exact) mass is 218 g/mol. The minimum Gasteiger partial charge on any atom is -0.352 e. The molecule has 1 aromatic carbocycles. The van der Waals surface area contributed by atoms with Gasteiger partial charge in [0.1, 0.15) is 0 Å². The van der Waals surface area contributed by atoms with E-state index in [-0.39, 0.29) is 0 Å². The highest BCUT2D eigenvalue weighted by atomic mass is 32.1. The molecule has 0 heterocycles. The van der Waals surface area contributed by atoms with Gasteiger partial charge in [-0.05, 0) is 49.3 Å². The molecule has 1 rings (SSSR count). The van der Waals surface area contributed by atoms with Crippen molar-refractivity contribution in [2.75, 3.05) is 11.9 Å². The highest BCUT2D eigenvalue weighted by molar-refractivity contribution is 7.80. The topological polar surface area (TPSA) is 24.1 Å². The molecular formula is C12H14N2S. The van der Waals surface area contributed by atoms with Crippen molar-refractivity contribution in [1.29, 1.82) is 0 Å². The predicted octanol–water partition coefficient (Wildman–Crippen LogP) is 2.22. The molecule has 0 bridgehead atoms. The molecular weight excluding hydrogens is 204 g/mol. The Kier molecular flexibility index (Phi) is 4.14. The molecule has 1 aromatic rings. The van der Waals surface area contributed by atoms with E-state index in [1.807, 2.05) is 6.07 Å². The minimum atomic E-state index is 0.441. The highest BCUT2D eigenvalue weighted by Crippen LogP contribution is 2.13. The van der Waals surface area contributed by atoms with E-state index in [4.69, 9.17) is 18.6 Å². The number of thiocarbonyl (C=S) groups is 1. The van der Waals surface area contributed by atoms with Crippen LogP contribution in [0, 0.1) is 26.2 Å². The predicted molar refractivity (Wildman–Crippen MR) is 69.0 cm³/mol. The maximum atomic E-state index is 5.11. The molecule has 0 aliphatic heterocycles. The molecule has 0 saturated carbocycles. The van der Waals surface area contributed by atoms with Gasteiger partial charge in [-0.1, -0.05) is 12.0 Å². The van der Waals surface area contributed by atoms with Crippen molar-refractivity contribution < 1.29 is 0 Å². The molecule has 2 nitrogen and oxygen atoms in total. The van der Waals surface area contributed by atoms with Gasteiger partial charge in [-0.15, -0.1) is 6.42 Å². The first kappa shape index (κ1) is 11.5. The van der Waals surface area contributed by atoms with E-state index in [2.05, 4.69) is 42.5 Å². The number of aryl methyl sites for hydroxylation is 2. The smallest absolute Gasteiger partial charge is 0.171 e. The van der Waals surface area contributed by atoms with E-state index in [1.165, 1.54) is 11.1 Å². The van der Waals surface area contributed by atoms with Crippen LogP contribution in [-0.4, -0.2) is 11.7 Å². The molecule has 0 atom stereocenters. The summed E-state index contributed by atoms with van der Waals surface area (Å²) in [5.41, 5.74) is 3.48. The molecule has 3 heteroatoms. The maximum Gasteiger partial charge on any atom is 0.171 e. The second-order valence-corrected chi connectivity index (χ2v) is 3.72. The molecule has 0 amide bonds. The Morgan fingerprint density at radius 2 is 2.13 bits per heavy atom. The largest absolute Gasteiger partial charge is 0.352 e. The Morgan fingerprint density at radius 3 is 2.73 bits per heavy atom. The second kappa shape index (κ2) is 5.38. The third-order valence-electron chi connectivity index (χ3n) is 2.12. The summed E-state index contributed by atoms with van der Waals surface area (Å²) >= 11 is 5.06. The summed E-state index contributed by atoms with van der Waals surface area (Å²) in [6, 6.07) is 6.10. The van der Waals surface area contributed by atoms with Crippen LogP contribution >= 0.6 is 12.2 Å². The zero-order valence-electron chi connectivity index (χ0n) is 8.92. The average molecular weight is 218 g/mol. The lowest BCUT2D eigenvalue weighted by atomic mass is 10.1. The number of terminal acetylenes is 1. The van der Waals surface area contributed by atoms with Crippen molar-refractivity contribution >= 4 is 23.0 Å². The van der Waals surface area contributed by atoms with E-state index in [0.29, 0.717) is 11.7 Å². The Balaban J connectivity index is 2.62. The van der Waals surface area contributed by atoms with E-state index in [0.717, 1.165) is 5.69 Å². The molecule has 78 valence electrons. The second-order valence-electron chi connectivity index (χ2n) is 3.31.